The maximum Gasteiger partial charge on any atom is 0.248 e. The van der Waals surface area contributed by atoms with Gasteiger partial charge in [-0.3, -0.25) is 9.69 Å². The lowest BCUT2D eigenvalue weighted by molar-refractivity contribution is 0.0932. The van der Waals surface area contributed by atoms with Gasteiger partial charge in [-0.2, -0.15) is 0 Å². The molecule has 1 fully saturated rings. The third kappa shape index (κ3) is 3.85. The molecular weight excluding hydrogens is 316 g/mol. The Bertz CT molecular complexity index is 916. The average Bonchev–Trinajstić information content (AvgIpc) is 2.63. The molecule has 0 amide bonds. The van der Waals surface area contributed by atoms with Gasteiger partial charge in [0.05, 0.1) is 17.2 Å². The van der Waals surface area contributed by atoms with Gasteiger partial charge in [0.1, 0.15) is 6.10 Å². The predicted molar refractivity (Wildman–Crippen MR) is 95.5 cm³/mol. The molecule has 25 heavy (non-hydrogen) atoms. The zero-order valence-corrected chi connectivity index (χ0v) is 13.9. The Morgan fingerprint density at radius 1 is 1.16 bits per heavy atom. The maximum atomic E-state index is 11.4. The molecule has 1 saturated heterocycles. The fourth-order valence-corrected chi connectivity index (χ4v) is 3.20. The molecule has 3 aromatic rings. The predicted octanol–water partition coefficient (Wildman–Crippen LogP) is 2.36. The van der Waals surface area contributed by atoms with Crippen LogP contribution in [0.4, 0.5) is 0 Å². The molecule has 4 rings (SSSR count). The molecule has 1 aliphatic heterocycles. The van der Waals surface area contributed by atoms with Crippen LogP contribution in [0, 0.1) is 0 Å². The Morgan fingerprint density at radius 2 is 1.96 bits per heavy atom. The summed E-state index contributed by atoms with van der Waals surface area (Å²) < 4.78 is 6.03. The van der Waals surface area contributed by atoms with Gasteiger partial charge in [0, 0.05) is 31.9 Å². The molecule has 1 aliphatic rings. The number of ether oxygens (including phenoxy) is 1. The van der Waals surface area contributed by atoms with Gasteiger partial charge in [0.2, 0.25) is 11.4 Å². The quantitative estimate of drug-likeness (QED) is 0.792. The molecule has 0 bridgehead atoms. The van der Waals surface area contributed by atoms with Crippen LogP contribution in [0.25, 0.3) is 11.0 Å². The highest BCUT2D eigenvalue weighted by atomic mass is 16.5. The number of nitrogens with zero attached hydrogens (tertiary/aromatic N) is 3. The third-order valence-corrected chi connectivity index (χ3v) is 4.49. The van der Waals surface area contributed by atoms with Crippen molar-refractivity contribution in [2.45, 2.75) is 25.5 Å². The van der Waals surface area contributed by atoms with Crippen molar-refractivity contribution in [1.29, 1.82) is 0 Å². The topological polar surface area (TPSA) is 71.1 Å². The number of para-hydroxylation sites is 2. The molecule has 0 spiro atoms. The molecule has 0 aliphatic carbocycles. The maximum absolute atomic E-state index is 11.4. The molecule has 6 heteroatoms. The van der Waals surface area contributed by atoms with Crippen molar-refractivity contribution < 1.29 is 4.74 Å². The van der Waals surface area contributed by atoms with E-state index in [2.05, 4.69) is 19.9 Å². The number of rotatable bonds is 4. The fourth-order valence-electron chi connectivity index (χ4n) is 3.20. The minimum Gasteiger partial charge on any atom is -0.473 e. The molecule has 0 atom stereocenters. The van der Waals surface area contributed by atoms with E-state index in [-0.39, 0.29) is 11.7 Å². The minimum absolute atomic E-state index is 0.0504. The number of hydrogen-bond acceptors (Lipinski definition) is 5. The summed E-state index contributed by atoms with van der Waals surface area (Å²) >= 11 is 0. The molecule has 1 N–H and O–H groups in total. The minimum atomic E-state index is -0.0504. The Kier molecular flexibility index (Phi) is 4.43. The van der Waals surface area contributed by atoms with Crippen LogP contribution in [0.15, 0.2) is 53.6 Å². The summed E-state index contributed by atoms with van der Waals surface area (Å²) in [6.45, 7) is 2.68. The Morgan fingerprint density at radius 3 is 2.76 bits per heavy atom. The summed E-state index contributed by atoms with van der Waals surface area (Å²) in [5.41, 5.74) is 2.73. The molecule has 0 unspecified atom stereocenters. The number of aromatic amines is 1. The van der Waals surface area contributed by atoms with Gasteiger partial charge >= 0.3 is 0 Å². The lowest BCUT2D eigenvalue weighted by atomic mass is 10.1. The highest BCUT2D eigenvalue weighted by Gasteiger charge is 2.21. The fraction of sp³-hybridized carbons (Fsp3) is 0.316. The summed E-state index contributed by atoms with van der Waals surface area (Å²) in [5, 5.41) is 0. The second-order valence-corrected chi connectivity index (χ2v) is 6.35. The van der Waals surface area contributed by atoms with E-state index >= 15 is 0 Å². The van der Waals surface area contributed by atoms with Gasteiger partial charge in [-0.05, 0) is 36.6 Å². The lowest BCUT2D eigenvalue weighted by Gasteiger charge is -2.31. The molecule has 6 nitrogen and oxygen atoms in total. The molecular formula is C19H20N4O2. The SMILES string of the molecule is O=c1cc(CN2CCC(Oc3cnc4ccccc4n3)CC2)cc[nH]1. The van der Waals surface area contributed by atoms with E-state index in [4.69, 9.17) is 4.74 Å². The van der Waals surface area contributed by atoms with Crippen molar-refractivity contribution in [3.63, 3.8) is 0 Å². The third-order valence-electron chi connectivity index (χ3n) is 4.49. The van der Waals surface area contributed by atoms with Gasteiger partial charge < -0.3 is 9.72 Å². The van der Waals surface area contributed by atoms with E-state index in [0.29, 0.717) is 5.88 Å². The second-order valence-electron chi connectivity index (χ2n) is 6.35. The smallest absolute Gasteiger partial charge is 0.248 e. The zero-order chi connectivity index (χ0) is 17.1. The van der Waals surface area contributed by atoms with E-state index in [9.17, 15) is 4.79 Å². The summed E-state index contributed by atoms with van der Waals surface area (Å²) in [7, 11) is 0. The largest absolute Gasteiger partial charge is 0.473 e. The highest BCUT2D eigenvalue weighted by Crippen LogP contribution is 2.20. The van der Waals surface area contributed by atoms with E-state index in [0.717, 1.165) is 49.1 Å². The summed E-state index contributed by atoms with van der Waals surface area (Å²) in [6.07, 6.45) is 5.44. The van der Waals surface area contributed by atoms with E-state index < -0.39 is 0 Å². The zero-order valence-electron chi connectivity index (χ0n) is 13.9. The van der Waals surface area contributed by atoms with Crippen LogP contribution in [0.5, 0.6) is 5.88 Å². The number of benzene rings is 1. The van der Waals surface area contributed by atoms with Gasteiger partial charge in [0.25, 0.3) is 0 Å². The number of H-pyrrole nitrogens is 1. The number of pyridine rings is 1. The van der Waals surface area contributed by atoms with Crippen molar-refractivity contribution in [2.75, 3.05) is 13.1 Å². The van der Waals surface area contributed by atoms with Crippen molar-refractivity contribution in [1.82, 2.24) is 19.9 Å². The first kappa shape index (κ1) is 15.8. The van der Waals surface area contributed by atoms with Crippen LogP contribution < -0.4 is 10.3 Å². The average molecular weight is 336 g/mol. The number of aromatic nitrogens is 3. The van der Waals surface area contributed by atoms with Gasteiger partial charge in [-0.25, -0.2) is 9.97 Å². The summed E-state index contributed by atoms with van der Waals surface area (Å²) in [6, 6.07) is 11.4. The molecule has 0 saturated carbocycles. The van der Waals surface area contributed by atoms with Gasteiger partial charge in [0.15, 0.2) is 0 Å². The first-order valence-corrected chi connectivity index (χ1v) is 8.55. The standard InChI is InChI=1S/C19H20N4O2/c24-18-11-14(5-8-20-18)13-23-9-6-15(7-10-23)25-19-12-21-16-3-1-2-4-17(16)22-19/h1-5,8,11-12,15H,6-7,9-10,13H2,(H,20,24). The number of fused-ring (bicyclic) bond motifs is 1. The first-order valence-electron chi connectivity index (χ1n) is 8.55. The van der Waals surface area contributed by atoms with Crippen LogP contribution >= 0.6 is 0 Å². The number of hydrogen-bond donors (Lipinski definition) is 1. The van der Waals surface area contributed by atoms with E-state index in [1.165, 1.54) is 0 Å². The van der Waals surface area contributed by atoms with Crippen LogP contribution in [0.1, 0.15) is 18.4 Å². The van der Waals surface area contributed by atoms with Gasteiger partial charge in [-0.15, -0.1) is 0 Å². The number of piperidine rings is 1. The Balaban J connectivity index is 1.34. The molecule has 3 heterocycles. The molecule has 0 radical (unpaired) electrons. The molecule has 2 aromatic heterocycles. The van der Waals surface area contributed by atoms with Crippen LogP contribution in [0.3, 0.4) is 0 Å². The van der Waals surface area contributed by atoms with Gasteiger partial charge in [-0.1, -0.05) is 12.1 Å². The van der Waals surface area contributed by atoms with Crippen LogP contribution in [-0.4, -0.2) is 39.0 Å². The Hall–Kier alpha value is -2.73. The normalized spacial score (nSPS) is 16.2. The van der Waals surface area contributed by atoms with Crippen molar-refractivity contribution in [2.24, 2.45) is 0 Å². The second kappa shape index (κ2) is 7.03. The highest BCUT2D eigenvalue weighted by molar-refractivity contribution is 5.73. The van der Waals surface area contributed by atoms with Crippen molar-refractivity contribution in [3.05, 3.63) is 64.7 Å². The molecule has 1 aromatic carbocycles. The molecule has 128 valence electrons. The van der Waals surface area contributed by atoms with E-state index in [1.807, 2.05) is 30.3 Å². The Labute approximate surface area is 145 Å². The van der Waals surface area contributed by atoms with Crippen molar-refractivity contribution in [3.8, 4) is 5.88 Å². The lowest BCUT2D eigenvalue weighted by Crippen LogP contribution is -2.38. The van der Waals surface area contributed by atoms with Crippen molar-refractivity contribution >= 4 is 11.0 Å². The van der Waals surface area contributed by atoms with Crippen LogP contribution in [0.2, 0.25) is 0 Å². The summed E-state index contributed by atoms with van der Waals surface area (Å²) in [5.74, 6) is 0.590. The number of nitrogens with one attached hydrogen (secondary N) is 1. The van der Waals surface area contributed by atoms with E-state index in [1.54, 1.807) is 18.5 Å². The number of likely N-dealkylation sites (tertiary alicyclic amines) is 1. The monoisotopic (exact) mass is 336 g/mol. The first-order chi connectivity index (χ1) is 12.3. The van der Waals surface area contributed by atoms with Crippen LogP contribution in [-0.2, 0) is 6.54 Å². The summed E-state index contributed by atoms with van der Waals surface area (Å²) in [4.78, 5) is 25.3.